The third-order valence-corrected chi connectivity index (χ3v) is 9.29. The Hall–Kier alpha value is -1.87. The summed E-state index contributed by atoms with van der Waals surface area (Å²) in [6, 6.07) is 15.7. The summed E-state index contributed by atoms with van der Waals surface area (Å²) in [6.07, 6.45) is 7.56. The van der Waals surface area contributed by atoms with Crippen molar-refractivity contribution in [1.29, 1.82) is 0 Å². The van der Waals surface area contributed by atoms with E-state index in [0.717, 1.165) is 73.4 Å². The zero-order chi connectivity index (χ0) is 31.1. The van der Waals surface area contributed by atoms with E-state index >= 15 is 0 Å². The lowest BCUT2D eigenvalue weighted by atomic mass is 9.89. The third kappa shape index (κ3) is 10.1. The molecule has 1 aliphatic heterocycles. The maximum absolute atomic E-state index is 13.8. The van der Waals surface area contributed by atoms with Crippen LogP contribution in [-0.4, -0.2) is 57.5 Å². The van der Waals surface area contributed by atoms with Crippen molar-refractivity contribution >= 4 is 21.4 Å². The predicted octanol–water partition coefficient (Wildman–Crippen LogP) is 9.44. The average molecular weight is 629 g/mol. The number of benzene rings is 2. The topological polar surface area (TPSA) is 46.2 Å². The van der Waals surface area contributed by atoms with Crippen molar-refractivity contribution in [2.45, 2.75) is 116 Å². The number of hydrogen-bond acceptors (Lipinski definition) is 6. The van der Waals surface area contributed by atoms with E-state index in [1.54, 1.807) is 17.4 Å². The van der Waals surface area contributed by atoms with Gasteiger partial charge in [0.15, 0.2) is 0 Å². The van der Waals surface area contributed by atoms with Gasteiger partial charge in [0.1, 0.15) is 36.3 Å². The molecule has 44 heavy (non-hydrogen) atoms. The van der Waals surface area contributed by atoms with E-state index in [1.165, 1.54) is 16.5 Å². The van der Waals surface area contributed by atoms with E-state index in [2.05, 4.69) is 58.0 Å². The van der Waals surface area contributed by atoms with E-state index in [0.29, 0.717) is 33.0 Å². The molecule has 0 amide bonds. The molecular weight excluding hydrogens is 575 g/mol. The van der Waals surface area contributed by atoms with Gasteiger partial charge >= 0.3 is 0 Å². The molecule has 2 heterocycles. The number of thiophene rings is 1. The van der Waals surface area contributed by atoms with Gasteiger partial charge in [0.25, 0.3) is 0 Å². The molecule has 0 radical (unpaired) electrons. The van der Waals surface area contributed by atoms with Gasteiger partial charge in [-0.15, -0.1) is 11.3 Å². The minimum Gasteiger partial charge on any atom is -0.379 e. The van der Waals surface area contributed by atoms with E-state index in [4.69, 9.17) is 23.7 Å². The van der Waals surface area contributed by atoms with Crippen LogP contribution >= 0.6 is 11.3 Å². The van der Waals surface area contributed by atoms with Crippen molar-refractivity contribution in [1.82, 2.24) is 0 Å². The predicted molar refractivity (Wildman–Crippen MR) is 178 cm³/mol. The summed E-state index contributed by atoms with van der Waals surface area (Å²) in [4.78, 5) is 1.20. The molecule has 0 saturated carbocycles. The van der Waals surface area contributed by atoms with E-state index in [9.17, 15) is 4.39 Å². The molecule has 3 aromatic rings. The largest absolute Gasteiger partial charge is 0.379 e. The molecule has 7 heteroatoms. The van der Waals surface area contributed by atoms with Gasteiger partial charge in [0.2, 0.25) is 0 Å². The quantitative estimate of drug-likeness (QED) is 0.117. The van der Waals surface area contributed by atoms with Gasteiger partial charge in [-0.3, -0.25) is 0 Å². The number of unbranched alkanes of at least 4 members (excludes halogenated alkanes) is 4. The third-order valence-electron chi connectivity index (χ3n) is 8.17. The van der Waals surface area contributed by atoms with Crippen molar-refractivity contribution in [3.8, 4) is 0 Å². The number of fused-ring (bicyclic) bond motifs is 1. The molecule has 2 aromatic carbocycles. The monoisotopic (exact) mass is 628 g/mol. The Balaban J connectivity index is 1.64. The van der Waals surface area contributed by atoms with Crippen LogP contribution in [0.5, 0.6) is 0 Å². The Morgan fingerprint density at radius 2 is 1.39 bits per heavy atom. The SMILES string of the molecule is CCCCOC[C@H]1O[C@@H](c2cccc(Cc3cc4cc(F)ccc4s3)c2)[C@H](OCCCC)[C@@H](OCCCC)[C@@H]1OCCCC. The van der Waals surface area contributed by atoms with Crippen molar-refractivity contribution in [2.75, 3.05) is 33.0 Å². The Bertz CT molecular complexity index is 1230. The fraction of sp³-hybridized carbons (Fsp3) is 0.622. The lowest BCUT2D eigenvalue weighted by Gasteiger charge is -2.46. The van der Waals surface area contributed by atoms with Crippen LogP contribution in [0.2, 0.25) is 0 Å². The van der Waals surface area contributed by atoms with Crippen LogP contribution in [0.3, 0.4) is 0 Å². The second-order valence-electron chi connectivity index (χ2n) is 11.9. The van der Waals surface area contributed by atoms with Crippen LogP contribution in [0.4, 0.5) is 4.39 Å². The van der Waals surface area contributed by atoms with Gasteiger partial charge in [-0.05, 0) is 66.5 Å². The van der Waals surface area contributed by atoms with Crippen LogP contribution in [0.15, 0.2) is 48.5 Å². The second kappa shape index (κ2) is 18.9. The highest BCUT2D eigenvalue weighted by molar-refractivity contribution is 7.19. The summed E-state index contributed by atoms with van der Waals surface area (Å²) in [6.45, 7) is 11.8. The van der Waals surface area contributed by atoms with Crippen molar-refractivity contribution in [3.05, 3.63) is 70.4 Å². The first-order chi connectivity index (χ1) is 21.6. The highest BCUT2D eigenvalue weighted by Gasteiger charge is 2.48. The lowest BCUT2D eigenvalue weighted by molar-refractivity contribution is -0.268. The Morgan fingerprint density at radius 3 is 2.09 bits per heavy atom. The van der Waals surface area contributed by atoms with E-state index < -0.39 is 0 Å². The molecule has 0 aliphatic carbocycles. The second-order valence-corrected chi connectivity index (χ2v) is 13.1. The molecule has 244 valence electrons. The fourth-order valence-corrected chi connectivity index (χ4v) is 6.74. The van der Waals surface area contributed by atoms with Crippen LogP contribution in [-0.2, 0) is 30.1 Å². The number of ether oxygens (including phenoxy) is 5. The molecule has 0 bridgehead atoms. The molecule has 5 nitrogen and oxygen atoms in total. The number of hydrogen-bond donors (Lipinski definition) is 0. The Labute approximate surface area is 268 Å². The molecule has 1 aromatic heterocycles. The van der Waals surface area contributed by atoms with E-state index in [-0.39, 0.29) is 36.3 Å². The molecular formula is C37H53FO5S. The highest BCUT2D eigenvalue weighted by atomic mass is 32.1. The van der Waals surface area contributed by atoms with Crippen molar-refractivity contribution in [2.24, 2.45) is 0 Å². The van der Waals surface area contributed by atoms with Gasteiger partial charge in [-0.25, -0.2) is 4.39 Å². The minimum atomic E-state index is -0.319. The standard InChI is InChI=1S/C37H53FO5S/c1-5-9-18-39-26-32-35(40-19-10-6-2)37(42-21-12-8-4)36(41-20-11-7-3)34(43-32)28-15-13-14-27(22-28)23-31-25-29-24-30(38)16-17-33(29)44-31/h13-17,22,24-25,32,34-37H,5-12,18-21,23,26H2,1-4H3/t32-,34+,35-,36+,37+/m1/s1. The van der Waals surface area contributed by atoms with Crippen LogP contribution in [0.25, 0.3) is 10.1 Å². The van der Waals surface area contributed by atoms with Crippen LogP contribution < -0.4 is 0 Å². The van der Waals surface area contributed by atoms with E-state index in [1.807, 2.05) is 6.07 Å². The van der Waals surface area contributed by atoms with Crippen LogP contribution in [0.1, 0.15) is 101 Å². The van der Waals surface area contributed by atoms with Gasteiger partial charge in [0.05, 0.1) is 6.61 Å². The van der Waals surface area contributed by atoms with Crippen LogP contribution in [0, 0.1) is 5.82 Å². The molecule has 0 spiro atoms. The maximum Gasteiger partial charge on any atom is 0.123 e. The first-order valence-corrected chi connectivity index (χ1v) is 17.7. The van der Waals surface area contributed by atoms with Gasteiger partial charge in [-0.1, -0.05) is 77.6 Å². The summed E-state index contributed by atoms with van der Waals surface area (Å²) in [5.74, 6) is -0.201. The Kier molecular flexibility index (Phi) is 15.1. The zero-order valence-corrected chi connectivity index (χ0v) is 28.0. The lowest BCUT2D eigenvalue weighted by Crippen LogP contribution is -2.58. The molecule has 4 rings (SSSR count). The maximum atomic E-state index is 13.8. The number of halogens is 1. The molecule has 1 aliphatic rings. The normalized spacial score (nSPS) is 22.2. The number of rotatable bonds is 20. The minimum absolute atomic E-state index is 0.201. The van der Waals surface area contributed by atoms with Gasteiger partial charge in [-0.2, -0.15) is 0 Å². The fourth-order valence-electron chi connectivity index (χ4n) is 5.67. The zero-order valence-electron chi connectivity index (χ0n) is 27.2. The summed E-state index contributed by atoms with van der Waals surface area (Å²) in [5.41, 5.74) is 2.26. The summed E-state index contributed by atoms with van der Waals surface area (Å²) in [5, 5.41) is 0.952. The average Bonchev–Trinajstić information content (AvgIpc) is 3.42. The first kappa shape index (κ1) is 35.0. The van der Waals surface area contributed by atoms with Crippen molar-refractivity contribution < 1.29 is 28.1 Å². The highest BCUT2D eigenvalue weighted by Crippen LogP contribution is 2.38. The van der Waals surface area contributed by atoms with Gasteiger partial charge in [0, 0.05) is 42.4 Å². The molecule has 0 N–H and O–H groups in total. The smallest absolute Gasteiger partial charge is 0.123 e. The van der Waals surface area contributed by atoms with Gasteiger partial charge < -0.3 is 23.7 Å². The molecule has 0 unspecified atom stereocenters. The Morgan fingerprint density at radius 1 is 0.727 bits per heavy atom. The molecule has 1 saturated heterocycles. The first-order valence-electron chi connectivity index (χ1n) is 16.9. The molecule has 5 atom stereocenters. The summed E-state index contributed by atoms with van der Waals surface area (Å²) in [7, 11) is 0. The summed E-state index contributed by atoms with van der Waals surface area (Å²) >= 11 is 1.72. The summed E-state index contributed by atoms with van der Waals surface area (Å²) < 4.78 is 47.9. The van der Waals surface area contributed by atoms with Crippen molar-refractivity contribution in [3.63, 3.8) is 0 Å². The molecule has 1 fully saturated rings.